The molecule has 0 aromatic heterocycles. The van der Waals surface area contributed by atoms with E-state index in [0.29, 0.717) is 23.4 Å². The molecular weight excluding hydrogens is 313 g/mol. The lowest BCUT2D eigenvalue weighted by Gasteiger charge is -2.20. The molecule has 0 atom stereocenters. The van der Waals surface area contributed by atoms with Crippen molar-refractivity contribution in [3.63, 3.8) is 0 Å². The molecule has 0 amide bonds. The minimum atomic E-state index is -4.37. The van der Waals surface area contributed by atoms with Crippen LogP contribution < -0.4 is 5.43 Å². The molecule has 0 spiro atoms. The second kappa shape index (κ2) is 5.24. The highest BCUT2D eigenvalue weighted by molar-refractivity contribution is 6.07. The Kier molecular flexibility index (Phi) is 3.28. The maximum Gasteiger partial charge on any atom is 0.417 e. The summed E-state index contributed by atoms with van der Waals surface area (Å²) < 4.78 is 40.5. The molecule has 0 saturated heterocycles. The van der Waals surface area contributed by atoms with Crippen molar-refractivity contribution in [1.82, 2.24) is 10.4 Å². The Morgan fingerprint density at radius 1 is 1.00 bits per heavy atom. The van der Waals surface area contributed by atoms with Crippen LogP contribution in [0.15, 0.2) is 54.6 Å². The van der Waals surface area contributed by atoms with Gasteiger partial charge >= 0.3 is 6.18 Å². The van der Waals surface area contributed by atoms with E-state index in [0.717, 1.165) is 11.1 Å². The number of rotatable bonds is 1. The average Bonchev–Trinajstić information content (AvgIpc) is 2.87. The van der Waals surface area contributed by atoms with Crippen molar-refractivity contribution >= 4 is 16.8 Å². The van der Waals surface area contributed by atoms with Gasteiger partial charge in [-0.25, -0.2) is 5.01 Å². The molecule has 1 heterocycles. The predicted molar refractivity (Wildman–Crippen MR) is 88.3 cm³/mol. The van der Waals surface area contributed by atoms with E-state index in [1.807, 2.05) is 48.5 Å². The molecule has 2 nitrogen and oxygen atoms in total. The molecule has 0 fully saturated rings. The first-order valence-electron chi connectivity index (χ1n) is 7.64. The highest BCUT2D eigenvalue weighted by Crippen LogP contribution is 2.48. The molecule has 0 saturated carbocycles. The first-order chi connectivity index (χ1) is 11.4. The molecule has 0 radical (unpaired) electrons. The summed E-state index contributed by atoms with van der Waals surface area (Å²) >= 11 is 0. The summed E-state index contributed by atoms with van der Waals surface area (Å²) in [6.07, 6.45) is -3.11. The molecule has 2 aromatic rings. The van der Waals surface area contributed by atoms with Crippen molar-refractivity contribution in [3.8, 4) is 0 Å². The number of alkyl halides is 3. The molecule has 2 aliphatic rings. The van der Waals surface area contributed by atoms with Crippen LogP contribution in [-0.2, 0) is 6.54 Å². The molecule has 4 rings (SSSR count). The van der Waals surface area contributed by atoms with E-state index in [1.54, 1.807) is 12.1 Å². The van der Waals surface area contributed by atoms with Crippen LogP contribution in [0, 0.1) is 0 Å². The zero-order chi connectivity index (χ0) is 16.9. The molecule has 1 N–H and O–H groups in total. The van der Waals surface area contributed by atoms with Gasteiger partial charge in [-0.3, -0.25) is 0 Å². The lowest BCUT2D eigenvalue weighted by atomic mass is 9.95. The van der Waals surface area contributed by atoms with Crippen LogP contribution in [0.1, 0.15) is 22.3 Å². The van der Waals surface area contributed by atoms with Gasteiger partial charge in [0.25, 0.3) is 0 Å². The van der Waals surface area contributed by atoms with Crippen LogP contribution >= 0.6 is 0 Å². The van der Waals surface area contributed by atoms with Crippen molar-refractivity contribution < 1.29 is 13.2 Å². The largest absolute Gasteiger partial charge is 0.417 e. The summed E-state index contributed by atoms with van der Waals surface area (Å²) in [4.78, 5) is 0. The lowest BCUT2D eigenvalue weighted by Crippen LogP contribution is -2.31. The zero-order valence-electron chi connectivity index (χ0n) is 13.0. The summed E-state index contributed by atoms with van der Waals surface area (Å²) in [5.41, 5.74) is 6.67. The van der Waals surface area contributed by atoms with Gasteiger partial charge in [-0.1, -0.05) is 48.5 Å². The van der Waals surface area contributed by atoms with Gasteiger partial charge in [0.15, 0.2) is 0 Å². The molecule has 0 unspecified atom stereocenters. The van der Waals surface area contributed by atoms with Gasteiger partial charge in [0.05, 0.1) is 11.3 Å². The van der Waals surface area contributed by atoms with Gasteiger partial charge in [0.1, 0.15) is 0 Å². The van der Waals surface area contributed by atoms with Crippen molar-refractivity contribution in [3.05, 3.63) is 76.9 Å². The van der Waals surface area contributed by atoms with Crippen molar-refractivity contribution in [2.24, 2.45) is 0 Å². The SMILES string of the molecule is CN1Cc2cccc3c2C(=C(c2ccccc2)N1)C=C3C(F)(F)F. The van der Waals surface area contributed by atoms with E-state index in [4.69, 9.17) is 0 Å². The molecule has 5 heteroatoms. The number of halogens is 3. The minimum Gasteiger partial charge on any atom is -0.318 e. The highest BCUT2D eigenvalue weighted by Gasteiger charge is 2.41. The lowest BCUT2D eigenvalue weighted by molar-refractivity contribution is -0.0687. The van der Waals surface area contributed by atoms with Crippen LogP contribution in [0.3, 0.4) is 0 Å². The van der Waals surface area contributed by atoms with Crippen LogP contribution in [0.2, 0.25) is 0 Å². The summed E-state index contributed by atoms with van der Waals surface area (Å²) in [5, 5.41) is 1.89. The fraction of sp³-hybridized carbons (Fsp3) is 0.158. The number of nitrogens with zero attached hydrogens (tertiary/aromatic N) is 1. The van der Waals surface area contributed by atoms with E-state index in [9.17, 15) is 13.2 Å². The van der Waals surface area contributed by atoms with Crippen LogP contribution in [-0.4, -0.2) is 18.2 Å². The summed E-state index contributed by atoms with van der Waals surface area (Å²) in [7, 11) is 1.89. The first-order valence-corrected chi connectivity index (χ1v) is 7.64. The van der Waals surface area contributed by atoms with Gasteiger partial charge < -0.3 is 5.43 Å². The van der Waals surface area contributed by atoms with Crippen molar-refractivity contribution in [1.29, 1.82) is 0 Å². The monoisotopic (exact) mass is 328 g/mol. The average molecular weight is 328 g/mol. The summed E-state index contributed by atoms with van der Waals surface area (Å²) in [6.45, 7) is 0.530. The molecule has 2 aromatic carbocycles. The van der Waals surface area contributed by atoms with E-state index in [-0.39, 0.29) is 5.56 Å². The standard InChI is InChI=1S/C19H15F3N2/c1-24-11-13-8-5-9-14-16(19(20,21)22)10-15(17(13)14)18(23-24)12-6-3-2-4-7-12/h2-10,23H,11H2,1H3. The Morgan fingerprint density at radius 2 is 1.75 bits per heavy atom. The minimum absolute atomic E-state index is 0.264. The van der Waals surface area contributed by atoms with Crippen molar-refractivity contribution in [2.75, 3.05) is 7.05 Å². The number of benzene rings is 2. The van der Waals surface area contributed by atoms with Crippen LogP contribution in [0.5, 0.6) is 0 Å². The number of hydrogen-bond acceptors (Lipinski definition) is 2. The Labute approximate surface area is 137 Å². The quantitative estimate of drug-likeness (QED) is 0.831. The molecule has 122 valence electrons. The van der Waals surface area contributed by atoms with Gasteiger partial charge in [0, 0.05) is 19.2 Å². The van der Waals surface area contributed by atoms with Gasteiger partial charge in [-0.05, 0) is 28.3 Å². The highest BCUT2D eigenvalue weighted by atomic mass is 19.4. The number of allylic oxidation sites excluding steroid dienone is 3. The third kappa shape index (κ3) is 2.32. The van der Waals surface area contributed by atoms with E-state index in [2.05, 4.69) is 5.43 Å². The summed E-state index contributed by atoms with van der Waals surface area (Å²) in [5.74, 6) is 0. The molecule has 1 aliphatic carbocycles. The summed E-state index contributed by atoms with van der Waals surface area (Å²) in [6, 6.07) is 14.6. The second-order valence-corrected chi connectivity index (χ2v) is 6.02. The number of hydrogen-bond donors (Lipinski definition) is 1. The third-order valence-corrected chi connectivity index (χ3v) is 4.35. The van der Waals surface area contributed by atoms with Crippen LogP contribution in [0.25, 0.3) is 16.8 Å². The van der Waals surface area contributed by atoms with Gasteiger partial charge in [0.2, 0.25) is 0 Å². The maximum atomic E-state index is 13.5. The molecule has 0 bridgehead atoms. The Balaban J connectivity index is 2.04. The van der Waals surface area contributed by atoms with E-state index in [1.165, 1.54) is 6.08 Å². The topological polar surface area (TPSA) is 15.3 Å². The fourth-order valence-corrected chi connectivity index (χ4v) is 3.37. The fourth-order valence-electron chi connectivity index (χ4n) is 3.37. The second-order valence-electron chi connectivity index (χ2n) is 6.02. The smallest absolute Gasteiger partial charge is 0.318 e. The normalized spacial score (nSPS) is 17.2. The molecule has 24 heavy (non-hydrogen) atoms. The Morgan fingerprint density at radius 3 is 2.46 bits per heavy atom. The predicted octanol–water partition coefficient (Wildman–Crippen LogP) is 4.46. The number of hydrazine groups is 1. The first kappa shape index (κ1) is 15.0. The molecule has 1 aliphatic heterocycles. The van der Waals surface area contributed by atoms with E-state index >= 15 is 0 Å². The Bertz CT molecular complexity index is 864. The van der Waals surface area contributed by atoms with Gasteiger partial charge in [-0.2, -0.15) is 13.2 Å². The van der Waals surface area contributed by atoms with Crippen LogP contribution in [0.4, 0.5) is 13.2 Å². The number of nitrogens with one attached hydrogen (secondary N) is 1. The Hall–Kier alpha value is -2.53. The zero-order valence-corrected chi connectivity index (χ0v) is 13.0. The molecular formula is C19H15F3N2. The third-order valence-electron chi connectivity index (χ3n) is 4.35. The van der Waals surface area contributed by atoms with E-state index < -0.39 is 11.7 Å². The van der Waals surface area contributed by atoms with Crippen molar-refractivity contribution in [2.45, 2.75) is 12.7 Å². The van der Waals surface area contributed by atoms with Gasteiger partial charge in [-0.15, -0.1) is 0 Å². The maximum absolute atomic E-state index is 13.5.